The SMILES string of the molecule is COc1cc(/C=N/NC(=O)c2ccc(COc3ccc(-n4c(C)ccc4C)cc3)o2)cc(OC)c1OCC(=O)Nc1ccc(C)cc1. The van der Waals surface area contributed by atoms with Crippen LogP contribution in [0.25, 0.3) is 5.69 Å². The van der Waals surface area contributed by atoms with Gasteiger partial charge < -0.3 is 33.2 Å². The smallest absolute Gasteiger partial charge is 0.307 e. The van der Waals surface area contributed by atoms with Gasteiger partial charge in [-0.05, 0) is 93.6 Å². The van der Waals surface area contributed by atoms with Crippen molar-refractivity contribution in [2.24, 2.45) is 5.10 Å². The highest BCUT2D eigenvalue weighted by molar-refractivity contribution is 5.93. The molecule has 0 aliphatic heterocycles. The number of methoxy groups -OCH3 is 2. The summed E-state index contributed by atoms with van der Waals surface area (Å²) in [7, 11) is 2.94. The van der Waals surface area contributed by atoms with E-state index in [0.717, 1.165) is 22.6 Å². The lowest BCUT2D eigenvalue weighted by molar-refractivity contribution is -0.118. The molecule has 5 rings (SSSR count). The summed E-state index contributed by atoms with van der Waals surface area (Å²) in [4.78, 5) is 25.1. The average Bonchev–Trinajstić information content (AvgIpc) is 3.69. The number of ether oxygens (including phenoxy) is 4. The Labute approximate surface area is 272 Å². The molecule has 5 aromatic rings. The second-order valence-corrected chi connectivity index (χ2v) is 10.7. The number of benzene rings is 3. The first-order valence-electron chi connectivity index (χ1n) is 14.8. The van der Waals surface area contributed by atoms with Crippen LogP contribution >= 0.6 is 0 Å². The molecule has 2 N–H and O–H groups in total. The van der Waals surface area contributed by atoms with E-state index in [-0.39, 0.29) is 30.6 Å². The maximum absolute atomic E-state index is 12.7. The van der Waals surface area contributed by atoms with Crippen LogP contribution in [0.4, 0.5) is 5.69 Å². The lowest BCUT2D eigenvalue weighted by Gasteiger charge is -2.15. The molecule has 0 saturated carbocycles. The van der Waals surface area contributed by atoms with Gasteiger partial charge in [-0.15, -0.1) is 0 Å². The highest BCUT2D eigenvalue weighted by Crippen LogP contribution is 2.38. The first-order valence-corrected chi connectivity index (χ1v) is 14.8. The molecule has 11 nitrogen and oxygen atoms in total. The molecule has 0 aliphatic rings. The minimum Gasteiger partial charge on any atom is -0.493 e. The average molecular weight is 637 g/mol. The van der Waals surface area contributed by atoms with Gasteiger partial charge in [-0.25, -0.2) is 5.43 Å². The van der Waals surface area contributed by atoms with Crippen molar-refractivity contribution >= 4 is 23.7 Å². The van der Waals surface area contributed by atoms with Gasteiger partial charge in [0.2, 0.25) is 5.75 Å². The van der Waals surface area contributed by atoms with Gasteiger partial charge in [0.1, 0.15) is 18.1 Å². The topological polar surface area (TPSA) is 126 Å². The summed E-state index contributed by atoms with van der Waals surface area (Å²) in [5.41, 5.74) is 8.11. The lowest BCUT2D eigenvalue weighted by atomic mass is 10.2. The second-order valence-electron chi connectivity index (χ2n) is 10.7. The van der Waals surface area contributed by atoms with E-state index in [1.165, 1.54) is 20.4 Å². The molecule has 0 radical (unpaired) electrons. The van der Waals surface area contributed by atoms with Crippen LogP contribution in [0, 0.1) is 20.8 Å². The van der Waals surface area contributed by atoms with Crippen LogP contribution in [-0.2, 0) is 11.4 Å². The fourth-order valence-electron chi connectivity index (χ4n) is 4.81. The summed E-state index contributed by atoms with van der Waals surface area (Å²) in [5.74, 6) is 1.26. The normalized spacial score (nSPS) is 10.9. The van der Waals surface area contributed by atoms with Crippen LogP contribution in [0.5, 0.6) is 23.0 Å². The van der Waals surface area contributed by atoms with E-state index in [2.05, 4.69) is 46.4 Å². The van der Waals surface area contributed by atoms with Gasteiger partial charge >= 0.3 is 5.91 Å². The molecule has 47 heavy (non-hydrogen) atoms. The maximum Gasteiger partial charge on any atom is 0.307 e. The minimum atomic E-state index is -0.534. The summed E-state index contributed by atoms with van der Waals surface area (Å²) in [6.07, 6.45) is 1.42. The molecule has 2 heterocycles. The number of nitrogens with one attached hydrogen (secondary N) is 2. The molecule has 3 aromatic carbocycles. The van der Waals surface area contributed by atoms with E-state index in [1.807, 2.05) is 55.5 Å². The number of rotatable bonds is 13. The van der Waals surface area contributed by atoms with Crippen molar-refractivity contribution in [2.75, 3.05) is 26.1 Å². The van der Waals surface area contributed by atoms with Gasteiger partial charge in [-0.3, -0.25) is 9.59 Å². The van der Waals surface area contributed by atoms with Crippen LogP contribution in [0.15, 0.2) is 94.4 Å². The van der Waals surface area contributed by atoms with Crippen LogP contribution in [-0.4, -0.2) is 43.4 Å². The number of hydrazone groups is 1. The number of anilines is 1. The van der Waals surface area contributed by atoms with E-state index in [1.54, 1.807) is 24.3 Å². The van der Waals surface area contributed by atoms with Gasteiger partial charge in [0.05, 0.1) is 20.4 Å². The van der Waals surface area contributed by atoms with Crippen LogP contribution in [0.3, 0.4) is 0 Å². The van der Waals surface area contributed by atoms with E-state index in [0.29, 0.717) is 34.3 Å². The minimum absolute atomic E-state index is 0.0810. The Morgan fingerprint density at radius 1 is 0.830 bits per heavy atom. The van der Waals surface area contributed by atoms with E-state index >= 15 is 0 Å². The van der Waals surface area contributed by atoms with Crippen molar-refractivity contribution in [3.05, 3.63) is 119 Å². The maximum atomic E-state index is 12.7. The Kier molecular flexibility index (Phi) is 10.3. The molecule has 0 fully saturated rings. The van der Waals surface area contributed by atoms with E-state index < -0.39 is 5.91 Å². The third-order valence-corrected chi connectivity index (χ3v) is 7.18. The highest BCUT2D eigenvalue weighted by atomic mass is 16.5. The molecule has 0 bridgehead atoms. The predicted octanol–water partition coefficient (Wildman–Crippen LogP) is 6.37. The molecule has 11 heteroatoms. The Morgan fingerprint density at radius 2 is 1.49 bits per heavy atom. The Bertz CT molecular complexity index is 1830. The molecule has 0 unspecified atom stereocenters. The zero-order chi connectivity index (χ0) is 33.3. The van der Waals surface area contributed by atoms with E-state index in [9.17, 15) is 9.59 Å². The summed E-state index contributed by atoms with van der Waals surface area (Å²) >= 11 is 0. The van der Waals surface area contributed by atoms with Crippen molar-refractivity contribution in [2.45, 2.75) is 27.4 Å². The Morgan fingerprint density at radius 3 is 2.13 bits per heavy atom. The van der Waals surface area contributed by atoms with Gasteiger partial charge in [0, 0.05) is 28.3 Å². The standard InChI is InChI=1S/C36H36N4O7/c1-23-6-10-27(11-7-23)38-34(41)22-46-35-32(43-4)18-26(19-33(35)44-5)20-37-39-36(42)31-17-16-30(47-31)21-45-29-14-12-28(13-15-29)40-24(2)8-9-25(40)3/h6-20H,21-22H2,1-5H3,(H,38,41)(H,39,42)/b37-20+. The van der Waals surface area contributed by atoms with Crippen molar-refractivity contribution in [3.63, 3.8) is 0 Å². The first-order chi connectivity index (χ1) is 22.7. The molecule has 0 spiro atoms. The lowest BCUT2D eigenvalue weighted by Crippen LogP contribution is -2.20. The molecule has 0 atom stereocenters. The van der Waals surface area contributed by atoms with Gasteiger partial charge in [0.25, 0.3) is 5.91 Å². The second kappa shape index (κ2) is 14.9. The fraction of sp³-hybridized carbons (Fsp3) is 0.194. The summed E-state index contributed by atoms with van der Waals surface area (Å²) < 4.78 is 30.3. The summed E-state index contributed by atoms with van der Waals surface area (Å²) in [5, 5.41) is 6.82. The van der Waals surface area contributed by atoms with Crippen molar-refractivity contribution in [3.8, 4) is 28.7 Å². The van der Waals surface area contributed by atoms with Crippen molar-refractivity contribution in [1.29, 1.82) is 0 Å². The van der Waals surface area contributed by atoms with Crippen LogP contribution in [0.2, 0.25) is 0 Å². The van der Waals surface area contributed by atoms with E-state index in [4.69, 9.17) is 23.4 Å². The molecule has 242 valence electrons. The predicted molar refractivity (Wildman–Crippen MR) is 178 cm³/mol. The number of aromatic nitrogens is 1. The quantitative estimate of drug-likeness (QED) is 0.114. The Balaban J connectivity index is 1.14. The molecular formula is C36H36N4O7. The molecule has 2 amide bonds. The molecule has 0 aliphatic carbocycles. The first kappa shape index (κ1) is 32.4. The van der Waals surface area contributed by atoms with Crippen LogP contribution in [0.1, 0.15) is 38.8 Å². The number of aryl methyl sites for hydroxylation is 3. The number of carbonyl (C=O) groups is 2. The summed E-state index contributed by atoms with van der Waals surface area (Å²) in [6, 6.07) is 25.9. The number of nitrogens with zero attached hydrogens (tertiary/aromatic N) is 2. The molecule has 0 saturated heterocycles. The fourth-order valence-corrected chi connectivity index (χ4v) is 4.81. The zero-order valence-corrected chi connectivity index (χ0v) is 26.8. The van der Waals surface area contributed by atoms with Gasteiger partial charge in [-0.1, -0.05) is 17.7 Å². The largest absolute Gasteiger partial charge is 0.493 e. The molecular weight excluding hydrogens is 600 g/mol. The molecule has 2 aromatic heterocycles. The number of furan rings is 1. The zero-order valence-electron chi connectivity index (χ0n) is 26.8. The third-order valence-electron chi connectivity index (χ3n) is 7.18. The summed E-state index contributed by atoms with van der Waals surface area (Å²) in [6.45, 7) is 5.98. The number of hydrogen-bond donors (Lipinski definition) is 2. The van der Waals surface area contributed by atoms with Crippen molar-refractivity contribution in [1.82, 2.24) is 9.99 Å². The Hall–Kier alpha value is -5.97. The monoisotopic (exact) mass is 636 g/mol. The number of carbonyl (C=O) groups excluding carboxylic acids is 2. The van der Waals surface area contributed by atoms with Crippen LogP contribution < -0.4 is 29.7 Å². The highest BCUT2D eigenvalue weighted by Gasteiger charge is 2.16. The van der Waals surface area contributed by atoms with Gasteiger partial charge in [0.15, 0.2) is 23.9 Å². The van der Waals surface area contributed by atoms with Crippen molar-refractivity contribution < 1.29 is 33.0 Å². The van der Waals surface area contributed by atoms with Gasteiger partial charge in [-0.2, -0.15) is 5.10 Å². The third kappa shape index (κ3) is 8.20. The number of amides is 2. The number of hydrogen-bond acceptors (Lipinski definition) is 8.